The van der Waals surface area contributed by atoms with E-state index in [0.29, 0.717) is 13.1 Å². The SMILES string of the molecule is NC(=O)COC(=O)c1ccc(Cl)c(S(=O)(=O)N2CCCCC2)c1. The lowest BCUT2D eigenvalue weighted by molar-refractivity contribution is -0.121. The first kappa shape index (κ1) is 17.7. The molecule has 9 heteroatoms. The van der Waals surface area contributed by atoms with Gasteiger partial charge in [0.25, 0.3) is 5.91 Å². The summed E-state index contributed by atoms with van der Waals surface area (Å²) in [4.78, 5) is 22.3. The van der Waals surface area contributed by atoms with E-state index >= 15 is 0 Å². The topological polar surface area (TPSA) is 107 Å². The Hall–Kier alpha value is -1.64. The average molecular weight is 361 g/mol. The van der Waals surface area contributed by atoms with Crippen LogP contribution in [0, 0.1) is 0 Å². The highest BCUT2D eigenvalue weighted by molar-refractivity contribution is 7.89. The summed E-state index contributed by atoms with van der Waals surface area (Å²) in [6.45, 7) is 0.277. The number of carbonyl (C=O) groups excluding carboxylic acids is 2. The van der Waals surface area contributed by atoms with Gasteiger partial charge in [-0.1, -0.05) is 18.0 Å². The number of hydrogen-bond acceptors (Lipinski definition) is 5. The quantitative estimate of drug-likeness (QED) is 0.793. The first-order chi connectivity index (χ1) is 10.8. The van der Waals surface area contributed by atoms with Gasteiger partial charge in [0.15, 0.2) is 6.61 Å². The Morgan fingerprint density at radius 1 is 1.22 bits per heavy atom. The summed E-state index contributed by atoms with van der Waals surface area (Å²) >= 11 is 6.00. The Labute approximate surface area is 139 Å². The monoisotopic (exact) mass is 360 g/mol. The number of piperidine rings is 1. The maximum absolute atomic E-state index is 12.7. The van der Waals surface area contributed by atoms with Crippen molar-refractivity contribution in [2.75, 3.05) is 19.7 Å². The standard InChI is InChI=1S/C14H17ClN2O5S/c15-11-5-4-10(14(19)22-9-13(16)18)8-12(11)23(20,21)17-6-2-1-3-7-17/h4-5,8H,1-3,6-7,9H2,(H2,16,18). The highest BCUT2D eigenvalue weighted by Gasteiger charge is 2.29. The van der Waals surface area contributed by atoms with Gasteiger partial charge < -0.3 is 10.5 Å². The fraction of sp³-hybridized carbons (Fsp3) is 0.429. The van der Waals surface area contributed by atoms with Crippen molar-refractivity contribution >= 4 is 33.5 Å². The zero-order valence-electron chi connectivity index (χ0n) is 12.3. The molecule has 1 aromatic rings. The largest absolute Gasteiger partial charge is 0.452 e. The smallest absolute Gasteiger partial charge is 0.338 e. The number of halogens is 1. The molecule has 0 unspecified atom stereocenters. The molecule has 1 heterocycles. The van der Waals surface area contributed by atoms with Crippen molar-refractivity contribution in [3.63, 3.8) is 0 Å². The molecule has 126 valence electrons. The fourth-order valence-electron chi connectivity index (χ4n) is 2.29. The Kier molecular flexibility index (Phi) is 5.61. The second kappa shape index (κ2) is 7.29. The molecule has 0 aromatic heterocycles. The molecule has 0 saturated carbocycles. The van der Waals surface area contributed by atoms with Crippen LogP contribution in [-0.4, -0.2) is 44.3 Å². The summed E-state index contributed by atoms with van der Waals surface area (Å²) in [6, 6.07) is 3.82. The molecule has 0 bridgehead atoms. The molecule has 1 fully saturated rings. The van der Waals surface area contributed by atoms with Gasteiger partial charge in [-0.05, 0) is 31.0 Å². The molecule has 1 aromatic carbocycles. The van der Waals surface area contributed by atoms with Gasteiger partial charge in [-0.2, -0.15) is 4.31 Å². The van der Waals surface area contributed by atoms with Gasteiger partial charge in [0.2, 0.25) is 10.0 Å². The van der Waals surface area contributed by atoms with Gasteiger partial charge in [-0.25, -0.2) is 13.2 Å². The predicted molar refractivity (Wildman–Crippen MR) is 83.5 cm³/mol. The number of esters is 1. The molecule has 1 amide bonds. The summed E-state index contributed by atoms with van der Waals surface area (Å²) < 4.78 is 31.4. The Morgan fingerprint density at radius 2 is 1.87 bits per heavy atom. The molecule has 2 N–H and O–H groups in total. The molecular weight excluding hydrogens is 344 g/mol. The highest BCUT2D eigenvalue weighted by Crippen LogP contribution is 2.28. The van der Waals surface area contributed by atoms with E-state index in [4.69, 9.17) is 17.3 Å². The maximum atomic E-state index is 12.7. The van der Waals surface area contributed by atoms with E-state index in [1.165, 1.54) is 16.4 Å². The number of amides is 1. The number of hydrogen-bond donors (Lipinski definition) is 1. The predicted octanol–water partition coefficient (Wildman–Crippen LogP) is 1.16. The fourth-order valence-corrected chi connectivity index (χ4v) is 4.31. The molecule has 0 radical (unpaired) electrons. The van der Waals surface area contributed by atoms with Crippen LogP contribution < -0.4 is 5.73 Å². The summed E-state index contributed by atoms with van der Waals surface area (Å²) in [5.74, 6) is -1.64. The number of ether oxygens (including phenoxy) is 1. The van der Waals surface area contributed by atoms with Gasteiger partial charge in [-0.3, -0.25) is 4.79 Å². The van der Waals surface area contributed by atoms with E-state index in [-0.39, 0.29) is 15.5 Å². The summed E-state index contributed by atoms with van der Waals surface area (Å²) in [5.41, 5.74) is 4.89. The van der Waals surface area contributed by atoms with Gasteiger partial charge in [0.1, 0.15) is 4.90 Å². The van der Waals surface area contributed by atoms with Crippen molar-refractivity contribution in [3.05, 3.63) is 28.8 Å². The lowest BCUT2D eigenvalue weighted by Crippen LogP contribution is -2.35. The number of rotatable bonds is 5. The van der Waals surface area contributed by atoms with Crippen LogP contribution in [0.3, 0.4) is 0 Å². The molecule has 23 heavy (non-hydrogen) atoms. The number of benzene rings is 1. The molecule has 1 aliphatic rings. The van der Waals surface area contributed by atoms with Crippen molar-refractivity contribution in [2.24, 2.45) is 5.73 Å². The van der Waals surface area contributed by atoms with Crippen molar-refractivity contribution in [3.8, 4) is 0 Å². The van der Waals surface area contributed by atoms with Crippen LogP contribution in [-0.2, 0) is 19.6 Å². The first-order valence-corrected chi connectivity index (χ1v) is 8.89. The number of carbonyl (C=O) groups is 2. The van der Waals surface area contributed by atoms with Crippen molar-refractivity contribution < 1.29 is 22.7 Å². The van der Waals surface area contributed by atoms with Crippen LogP contribution in [0.5, 0.6) is 0 Å². The molecule has 7 nitrogen and oxygen atoms in total. The number of sulfonamides is 1. The maximum Gasteiger partial charge on any atom is 0.338 e. The summed E-state index contributed by atoms with van der Waals surface area (Å²) in [7, 11) is -3.78. The zero-order valence-corrected chi connectivity index (χ0v) is 13.9. The molecule has 2 rings (SSSR count). The van der Waals surface area contributed by atoms with E-state index in [1.807, 2.05) is 0 Å². The molecule has 0 spiro atoms. The van der Waals surface area contributed by atoms with E-state index in [1.54, 1.807) is 0 Å². The third kappa shape index (κ3) is 4.21. The van der Waals surface area contributed by atoms with E-state index < -0.39 is 28.5 Å². The minimum Gasteiger partial charge on any atom is -0.452 e. The van der Waals surface area contributed by atoms with Crippen LogP contribution in [0.15, 0.2) is 23.1 Å². The first-order valence-electron chi connectivity index (χ1n) is 7.07. The Bertz CT molecular complexity index is 714. The zero-order chi connectivity index (χ0) is 17.0. The van der Waals surface area contributed by atoms with Crippen LogP contribution in [0.2, 0.25) is 5.02 Å². The van der Waals surface area contributed by atoms with E-state index in [2.05, 4.69) is 4.74 Å². The minimum atomic E-state index is -3.78. The number of nitrogens with two attached hydrogens (primary N) is 1. The van der Waals surface area contributed by atoms with E-state index in [9.17, 15) is 18.0 Å². The molecular formula is C14H17ClN2O5S. The van der Waals surface area contributed by atoms with Crippen LogP contribution in [0.1, 0.15) is 29.6 Å². The van der Waals surface area contributed by atoms with Gasteiger partial charge >= 0.3 is 5.97 Å². The number of primary amides is 1. The average Bonchev–Trinajstić information content (AvgIpc) is 2.53. The van der Waals surface area contributed by atoms with Crippen LogP contribution in [0.4, 0.5) is 0 Å². The van der Waals surface area contributed by atoms with Crippen molar-refractivity contribution in [2.45, 2.75) is 24.2 Å². The van der Waals surface area contributed by atoms with Gasteiger partial charge in [-0.15, -0.1) is 0 Å². The molecule has 0 aliphatic carbocycles. The second-order valence-electron chi connectivity index (χ2n) is 5.15. The Morgan fingerprint density at radius 3 is 2.48 bits per heavy atom. The molecule has 1 saturated heterocycles. The lowest BCUT2D eigenvalue weighted by Gasteiger charge is -2.26. The summed E-state index contributed by atoms with van der Waals surface area (Å²) in [6.07, 6.45) is 2.56. The van der Waals surface area contributed by atoms with Crippen LogP contribution >= 0.6 is 11.6 Å². The van der Waals surface area contributed by atoms with Crippen molar-refractivity contribution in [1.29, 1.82) is 0 Å². The van der Waals surface area contributed by atoms with E-state index in [0.717, 1.165) is 25.3 Å². The Balaban J connectivity index is 2.29. The highest BCUT2D eigenvalue weighted by atomic mass is 35.5. The third-order valence-electron chi connectivity index (χ3n) is 3.45. The third-order valence-corrected chi connectivity index (χ3v) is 5.83. The molecule has 0 atom stereocenters. The summed E-state index contributed by atoms with van der Waals surface area (Å²) in [5, 5.41) is 0.0297. The van der Waals surface area contributed by atoms with Gasteiger partial charge in [0.05, 0.1) is 10.6 Å². The molecule has 1 aliphatic heterocycles. The van der Waals surface area contributed by atoms with Gasteiger partial charge in [0, 0.05) is 13.1 Å². The number of nitrogens with zero attached hydrogens (tertiary/aromatic N) is 1. The second-order valence-corrected chi connectivity index (χ2v) is 7.47. The normalized spacial score (nSPS) is 16.0. The minimum absolute atomic E-state index is 0.00812. The van der Waals surface area contributed by atoms with Crippen molar-refractivity contribution in [1.82, 2.24) is 4.31 Å². The lowest BCUT2D eigenvalue weighted by atomic mass is 10.2. The van der Waals surface area contributed by atoms with Crippen LogP contribution in [0.25, 0.3) is 0 Å².